The van der Waals surface area contributed by atoms with E-state index in [0.717, 1.165) is 44.9 Å². The Morgan fingerprint density at radius 1 is 1.07 bits per heavy atom. The number of benzene rings is 2. The van der Waals surface area contributed by atoms with Crippen molar-refractivity contribution in [1.29, 1.82) is 0 Å². The number of hydrogen-bond donors (Lipinski definition) is 3. The molecule has 0 bridgehead atoms. The molecular formula is C20H21I4N2O3. The Bertz CT molecular complexity index is 831. The van der Waals surface area contributed by atoms with Crippen molar-refractivity contribution in [3.05, 3.63) is 51.0 Å². The van der Waals surface area contributed by atoms with Crippen LogP contribution in [0.4, 0.5) is 0 Å². The second kappa shape index (κ2) is 12.4. The number of nitrogens with two attached hydrogens (primary N) is 1. The summed E-state index contributed by atoms with van der Waals surface area (Å²) >= 11 is 8.62. The quantitative estimate of drug-likeness (QED) is 0.227. The molecule has 1 atom stereocenters. The predicted octanol–water partition coefficient (Wildman–Crippen LogP) is 5.59. The van der Waals surface area contributed by atoms with E-state index in [2.05, 4.69) is 103 Å². The average molecular weight is 845 g/mol. The van der Waals surface area contributed by atoms with Gasteiger partial charge < -0.3 is 20.9 Å². The summed E-state index contributed by atoms with van der Waals surface area (Å²) in [5.41, 5.74) is 7.07. The molecule has 9 heteroatoms. The van der Waals surface area contributed by atoms with Crippen LogP contribution in [-0.2, 0) is 11.2 Å². The SMILES string of the molecule is [CH2]CCCCNC(=O)[C@@H](N)Cc1cc(I)c(Oc2cc(I)c(O)c(I)c2)c(I)c1. The van der Waals surface area contributed by atoms with Crippen LogP contribution in [0.5, 0.6) is 17.2 Å². The van der Waals surface area contributed by atoms with E-state index in [1.165, 1.54) is 0 Å². The van der Waals surface area contributed by atoms with Gasteiger partial charge in [-0.05, 0) is 133 Å². The summed E-state index contributed by atoms with van der Waals surface area (Å²) < 4.78 is 9.43. The molecule has 4 N–H and O–H groups in total. The van der Waals surface area contributed by atoms with Gasteiger partial charge in [0.15, 0.2) is 5.75 Å². The summed E-state index contributed by atoms with van der Waals surface area (Å²) in [6, 6.07) is 6.99. The first-order valence-electron chi connectivity index (χ1n) is 8.89. The van der Waals surface area contributed by atoms with Crippen LogP contribution in [0.1, 0.15) is 24.8 Å². The number of unbranched alkanes of at least 4 members (excludes halogenated alkanes) is 2. The molecule has 2 aromatic rings. The van der Waals surface area contributed by atoms with E-state index in [1.54, 1.807) is 12.1 Å². The molecule has 0 aliphatic heterocycles. The number of carbonyl (C=O) groups excluding carboxylic acids is 1. The minimum atomic E-state index is -0.589. The van der Waals surface area contributed by atoms with Gasteiger partial charge in [-0.25, -0.2) is 0 Å². The van der Waals surface area contributed by atoms with Crippen LogP contribution in [0.15, 0.2) is 24.3 Å². The third-order valence-electron chi connectivity index (χ3n) is 4.04. The molecule has 2 aromatic carbocycles. The maximum atomic E-state index is 12.2. The van der Waals surface area contributed by atoms with E-state index in [1.807, 2.05) is 12.1 Å². The lowest BCUT2D eigenvalue weighted by Crippen LogP contribution is -2.42. The number of phenolic OH excluding ortho intramolecular Hbond substituents is 1. The van der Waals surface area contributed by atoms with Crippen LogP contribution in [0.3, 0.4) is 0 Å². The summed E-state index contributed by atoms with van der Waals surface area (Å²) in [5, 5.41) is 12.8. The molecule has 0 saturated carbocycles. The highest BCUT2D eigenvalue weighted by Gasteiger charge is 2.17. The van der Waals surface area contributed by atoms with Crippen molar-refractivity contribution in [2.75, 3.05) is 6.54 Å². The first-order valence-corrected chi connectivity index (χ1v) is 13.2. The van der Waals surface area contributed by atoms with Crippen molar-refractivity contribution in [3.63, 3.8) is 0 Å². The van der Waals surface area contributed by atoms with Gasteiger partial charge in [0.1, 0.15) is 11.5 Å². The van der Waals surface area contributed by atoms with Crippen molar-refractivity contribution in [3.8, 4) is 17.2 Å². The molecule has 1 radical (unpaired) electrons. The summed E-state index contributed by atoms with van der Waals surface area (Å²) in [4.78, 5) is 12.2. The van der Waals surface area contributed by atoms with Crippen LogP contribution < -0.4 is 15.8 Å². The highest BCUT2D eigenvalue weighted by Crippen LogP contribution is 2.36. The van der Waals surface area contributed by atoms with Crippen molar-refractivity contribution in [2.45, 2.75) is 31.7 Å². The van der Waals surface area contributed by atoms with Gasteiger partial charge in [0, 0.05) is 6.54 Å². The van der Waals surface area contributed by atoms with E-state index in [9.17, 15) is 9.90 Å². The second-order valence-electron chi connectivity index (χ2n) is 6.39. The van der Waals surface area contributed by atoms with Crippen LogP contribution in [0.25, 0.3) is 0 Å². The molecule has 0 heterocycles. The molecule has 0 unspecified atom stereocenters. The van der Waals surface area contributed by atoms with Gasteiger partial charge >= 0.3 is 0 Å². The maximum absolute atomic E-state index is 12.2. The zero-order valence-electron chi connectivity index (χ0n) is 15.5. The van der Waals surface area contributed by atoms with E-state index < -0.39 is 6.04 Å². The largest absolute Gasteiger partial charge is 0.506 e. The number of nitrogens with one attached hydrogen (secondary N) is 1. The van der Waals surface area contributed by atoms with E-state index in [4.69, 9.17) is 10.5 Å². The highest BCUT2D eigenvalue weighted by atomic mass is 127. The molecule has 0 saturated heterocycles. The Balaban J connectivity index is 2.08. The standard InChI is InChI=1S/C20H21I4N2O3/c1-2-3-4-5-26-20(28)17(25)8-11-6-15(23)19(16(24)7-11)29-12-9-13(21)18(27)14(22)10-12/h6-7,9-10,17,27H,1-5,8,25H2,(H,26,28)/t17-/m0/s1. The molecular weight excluding hydrogens is 824 g/mol. The Labute approximate surface area is 225 Å². The maximum Gasteiger partial charge on any atom is 0.237 e. The summed E-state index contributed by atoms with van der Waals surface area (Å²) in [5.74, 6) is 1.54. The highest BCUT2D eigenvalue weighted by molar-refractivity contribution is 14.1. The fourth-order valence-corrected chi connectivity index (χ4v) is 6.37. The van der Waals surface area contributed by atoms with Gasteiger partial charge in [-0.15, -0.1) is 0 Å². The van der Waals surface area contributed by atoms with Crippen LogP contribution in [-0.4, -0.2) is 23.6 Å². The van der Waals surface area contributed by atoms with E-state index in [0.29, 0.717) is 18.7 Å². The van der Waals surface area contributed by atoms with E-state index in [-0.39, 0.29) is 11.7 Å². The third-order valence-corrected chi connectivity index (χ3v) is 7.28. The Kier molecular flexibility index (Phi) is 11.0. The lowest BCUT2D eigenvalue weighted by atomic mass is 10.1. The van der Waals surface area contributed by atoms with Gasteiger partial charge in [-0.2, -0.15) is 0 Å². The zero-order chi connectivity index (χ0) is 21.6. The fourth-order valence-electron chi connectivity index (χ4n) is 2.54. The Hall–Kier alpha value is 0.390. The fraction of sp³-hybridized carbons (Fsp3) is 0.300. The molecule has 0 aliphatic carbocycles. The van der Waals surface area contributed by atoms with Gasteiger partial charge in [-0.3, -0.25) is 4.79 Å². The minimum Gasteiger partial charge on any atom is -0.506 e. The number of carbonyl (C=O) groups is 1. The number of phenols is 1. The Morgan fingerprint density at radius 2 is 1.66 bits per heavy atom. The molecule has 29 heavy (non-hydrogen) atoms. The smallest absolute Gasteiger partial charge is 0.237 e. The summed E-state index contributed by atoms with van der Waals surface area (Å²) in [6.45, 7) is 4.43. The minimum absolute atomic E-state index is 0.132. The molecule has 5 nitrogen and oxygen atoms in total. The number of halogens is 4. The Morgan fingerprint density at radius 3 is 2.21 bits per heavy atom. The molecule has 0 aromatic heterocycles. The second-order valence-corrected chi connectivity index (χ2v) is 11.0. The first-order chi connectivity index (χ1) is 13.7. The average Bonchev–Trinajstić information content (AvgIpc) is 2.66. The molecule has 0 fully saturated rings. The number of ether oxygens (including phenoxy) is 1. The monoisotopic (exact) mass is 845 g/mol. The van der Waals surface area contributed by atoms with Gasteiger partial charge in [-0.1, -0.05) is 19.8 Å². The molecule has 2 rings (SSSR count). The van der Waals surface area contributed by atoms with Crippen LogP contribution in [0.2, 0.25) is 0 Å². The molecule has 0 aliphatic rings. The molecule has 1 amide bonds. The molecule has 157 valence electrons. The van der Waals surface area contributed by atoms with Gasteiger partial charge in [0.25, 0.3) is 0 Å². The lowest BCUT2D eigenvalue weighted by molar-refractivity contribution is -0.122. The zero-order valence-corrected chi connectivity index (χ0v) is 24.1. The number of rotatable bonds is 9. The number of hydrogen-bond acceptors (Lipinski definition) is 4. The van der Waals surface area contributed by atoms with Crippen molar-refractivity contribution in [1.82, 2.24) is 5.32 Å². The van der Waals surface area contributed by atoms with Gasteiger partial charge in [0.2, 0.25) is 5.91 Å². The normalized spacial score (nSPS) is 11.9. The van der Waals surface area contributed by atoms with Gasteiger partial charge in [0.05, 0.1) is 20.3 Å². The van der Waals surface area contributed by atoms with Crippen LogP contribution >= 0.6 is 90.4 Å². The topological polar surface area (TPSA) is 84.6 Å². The number of amides is 1. The van der Waals surface area contributed by atoms with Crippen molar-refractivity contribution in [2.24, 2.45) is 5.73 Å². The predicted molar refractivity (Wildman–Crippen MR) is 149 cm³/mol. The molecule has 0 spiro atoms. The summed E-state index contributed by atoms with van der Waals surface area (Å²) in [6.07, 6.45) is 3.24. The van der Waals surface area contributed by atoms with Crippen molar-refractivity contribution < 1.29 is 14.6 Å². The van der Waals surface area contributed by atoms with Crippen molar-refractivity contribution >= 4 is 96.3 Å². The first kappa shape index (κ1) is 25.6. The third kappa shape index (κ3) is 7.79. The van der Waals surface area contributed by atoms with E-state index >= 15 is 0 Å². The van der Waals surface area contributed by atoms with Crippen LogP contribution in [0, 0.1) is 21.2 Å². The summed E-state index contributed by atoms with van der Waals surface area (Å²) in [7, 11) is 0. The lowest BCUT2D eigenvalue weighted by Gasteiger charge is -2.16. The number of aromatic hydroxyl groups is 1.